The molecule has 0 aliphatic carbocycles. The van der Waals surface area contributed by atoms with E-state index in [1.165, 1.54) is 23.5 Å². The maximum atomic E-state index is 12.7. The third-order valence-electron chi connectivity index (χ3n) is 4.61. The molecule has 0 aliphatic rings. The number of carbonyl (C=O) groups is 1. The van der Waals surface area contributed by atoms with E-state index in [-0.39, 0.29) is 18.4 Å². The molecule has 1 amide bonds. The Morgan fingerprint density at radius 3 is 2.37 bits per heavy atom. The van der Waals surface area contributed by atoms with Gasteiger partial charge in [-0.15, -0.1) is 11.3 Å². The number of amides is 1. The van der Waals surface area contributed by atoms with E-state index in [0.717, 1.165) is 29.9 Å². The average molecular weight is 434 g/mol. The first-order chi connectivity index (χ1) is 14.3. The van der Waals surface area contributed by atoms with E-state index in [1.54, 1.807) is 12.5 Å². The highest BCUT2D eigenvalue weighted by Crippen LogP contribution is 2.32. The lowest BCUT2D eigenvalue weighted by Gasteiger charge is -2.17. The molecule has 0 aliphatic heterocycles. The van der Waals surface area contributed by atoms with E-state index in [1.807, 2.05) is 31.2 Å². The fraction of sp³-hybridized carbons (Fsp3) is 0.273. The van der Waals surface area contributed by atoms with Gasteiger partial charge in [0.25, 0.3) is 0 Å². The second-order valence-corrected chi connectivity index (χ2v) is 7.56. The molecule has 0 spiro atoms. The number of halogens is 3. The van der Waals surface area contributed by atoms with Gasteiger partial charge in [0.05, 0.1) is 30.8 Å². The van der Waals surface area contributed by atoms with Gasteiger partial charge in [-0.25, -0.2) is 4.98 Å². The highest BCUT2D eigenvalue weighted by atomic mass is 32.1. The summed E-state index contributed by atoms with van der Waals surface area (Å²) >= 11 is 1.30. The molecule has 1 heterocycles. The molecule has 0 fully saturated rings. The minimum atomic E-state index is -4.37. The molecule has 0 radical (unpaired) electrons. The molecule has 3 aromatic rings. The minimum absolute atomic E-state index is 0.101. The third-order valence-corrected chi connectivity index (χ3v) is 5.55. The van der Waals surface area contributed by atoms with Crippen LogP contribution in [0.3, 0.4) is 0 Å². The minimum Gasteiger partial charge on any atom is -0.497 e. The van der Waals surface area contributed by atoms with E-state index in [0.29, 0.717) is 16.3 Å². The Labute approximate surface area is 176 Å². The van der Waals surface area contributed by atoms with Crippen LogP contribution >= 0.6 is 11.3 Å². The number of nitrogens with zero attached hydrogens (tertiary/aromatic N) is 1. The standard InChI is InChI=1S/C22H21F3N2O2S/c1-3-19(14-6-10-18(29-2)11-7-14)27-20(28)12-17-13-30-21(26-17)15-4-8-16(9-5-15)22(23,24)25/h4-11,13,19H,3,12H2,1-2H3,(H,27,28). The monoisotopic (exact) mass is 434 g/mol. The lowest BCUT2D eigenvalue weighted by Crippen LogP contribution is -2.29. The summed E-state index contributed by atoms with van der Waals surface area (Å²) in [6.45, 7) is 1.99. The summed E-state index contributed by atoms with van der Waals surface area (Å²) in [5, 5.41) is 5.33. The van der Waals surface area contributed by atoms with Crippen molar-refractivity contribution in [1.82, 2.24) is 10.3 Å². The van der Waals surface area contributed by atoms with E-state index in [4.69, 9.17) is 4.74 Å². The van der Waals surface area contributed by atoms with Crippen LogP contribution in [0.1, 0.15) is 36.2 Å². The van der Waals surface area contributed by atoms with E-state index < -0.39 is 11.7 Å². The Morgan fingerprint density at radius 2 is 1.80 bits per heavy atom. The van der Waals surface area contributed by atoms with E-state index in [9.17, 15) is 18.0 Å². The largest absolute Gasteiger partial charge is 0.497 e. The molecule has 0 bridgehead atoms. The normalized spacial score (nSPS) is 12.4. The molecule has 8 heteroatoms. The first-order valence-corrected chi connectivity index (χ1v) is 10.2. The Kier molecular flexibility index (Phi) is 6.77. The van der Waals surface area contributed by atoms with Gasteiger partial charge in [0, 0.05) is 10.9 Å². The summed E-state index contributed by atoms with van der Waals surface area (Å²) < 4.78 is 43.3. The van der Waals surface area contributed by atoms with Crippen molar-refractivity contribution < 1.29 is 22.7 Å². The van der Waals surface area contributed by atoms with Gasteiger partial charge < -0.3 is 10.1 Å². The predicted octanol–water partition coefficient (Wildman–Crippen LogP) is 5.65. The van der Waals surface area contributed by atoms with Crippen molar-refractivity contribution in [3.05, 3.63) is 70.7 Å². The summed E-state index contributed by atoms with van der Waals surface area (Å²) in [6, 6.07) is 12.2. The molecule has 158 valence electrons. The van der Waals surface area contributed by atoms with Crippen molar-refractivity contribution in [3.8, 4) is 16.3 Å². The van der Waals surface area contributed by atoms with Crippen LogP contribution in [0.4, 0.5) is 13.2 Å². The van der Waals surface area contributed by atoms with Crippen molar-refractivity contribution >= 4 is 17.2 Å². The number of aromatic nitrogens is 1. The molecule has 4 nitrogen and oxygen atoms in total. The van der Waals surface area contributed by atoms with Gasteiger partial charge in [-0.05, 0) is 36.2 Å². The third kappa shape index (κ3) is 5.38. The zero-order valence-electron chi connectivity index (χ0n) is 16.5. The van der Waals surface area contributed by atoms with Gasteiger partial charge in [-0.2, -0.15) is 13.2 Å². The number of ether oxygens (including phenoxy) is 1. The van der Waals surface area contributed by atoms with Crippen LogP contribution < -0.4 is 10.1 Å². The van der Waals surface area contributed by atoms with Crippen LogP contribution in [0.15, 0.2) is 53.9 Å². The molecule has 1 aromatic heterocycles. The number of alkyl halides is 3. The smallest absolute Gasteiger partial charge is 0.416 e. The number of methoxy groups -OCH3 is 1. The number of hydrogen-bond donors (Lipinski definition) is 1. The Hall–Kier alpha value is -2.87. The van der Waals surface area contributed by atoms with Gasteiger partial charge in [0.1, 0.15) is 10.8 Å². The summed E-state index contributed by atoms with van der Waals surface area (Å²) in [5.74, 6) is 0.583. The summed E-state index contributed by atoms with van der Waals surface area (Å²) in [6.07, 6.45) is -3.54. The molecule has 1 unspecified atom stereocenters. The van der Waals surface area contributed by atoms with Crippen LogP contribution in [0, 0.1) is 0 Å². The van der Waals surface area contributed by atoms with Crippen LogP contribution in [-0.2, 0) is 17.4 Å². The molecule has 1 atom stereocenters. The van der Waals surface area contributed by atoms with Crippen LogP contribution in [0.25, 0.3) is 10.6 Å². The summed E-state index contributed by atoms with van der Waals surface area (Å²) in [7, 11) is 1.60. The van der Waals surface area contributed by atoms with Crippen molar-refractivity contribution in [2.45, 2.75) is 32.0 Å². The van der Waals surface area contributed by atoms with Gasteiger partial charge >= 0.3 is 6.18 Å². The zero-order valence-corrected chi connectivity index (χ0v) is 17.3. The summed E-state index contributed by atoms with van der Waals surface area (Å²) in [5.41, 5.74) is 1.45. The number of benzene rings is 2. The molecule has 2 aromatic carbocycles. The van der Waals surface area contributed by atoms with Gasteiger partial charge in [0.2, 0.25) is 5.91 Å². The number of nitrogens with one attached hydrogen (secondary N) is 1. The predicted molar refractivity (Wildman–Crippen MR) is 110 cm³/mol. The molecular formula is C22H21F3N2O2S. The Balaban J connectivity index is 1.63. The lowest BCUT2D eigenvalue weighted by atomic mass is 10.0. The molecular weight excluding hydrogens is 413 g/mol. The topological polar surface area (TPSA) is 51.2 Å². The average Bonchev–Trinajstić information content (AvgIpc) is 3.20. The van der Waals surface area contributed by atoms with Gasteiger partial charge in [0.15, 0.2) is 0 Å². The molecule has 3 rings (SSSR count). The van der Waals surface area contributed by atoms with Crippen molar-refractivity contribution in [2.75, 3.05) is 7.11 Å². The molecule has 30 heavy (non-hydrogen) atoms. The van der Waals surface area contributed by atoms with Gasteiger partial charge in [-0.1, -0.05) is 31.2 Å². The number of thiazole rings is 1. The zero-order chi connectivity index (χ0) is 21.7. The van der Waals surface area contributed by atoms with E-state index in [2.05, 4.69) is 10.3 Å². The maximum Gasteiger partial charge on any atom is 0.416 e. The first-order valence-electron chi connectivity index (χ1n) is 9.35. The maximum absolute atomic E-state index is 12.7. The molecule has 1 N–H and O–H groups in total. The van der Waals surface area contributed by atoms with Crippen LogP contribution in [-0.4, -0.2) is 18.0 Å². The Morgan fingerprint density at radius 1 is 1.13 bits per heavy atom. The molecule has 0 saturated carbocycles. The van der Waals surface area contributed by atoms with Gasteiger partial charge in [-0.3, -0.25) is 4.79 Å². The second-order valence-electron chi connectivity index (χ2n) is 6.70. The van der Waals surface area contributed by atoms with Crippen LogP contribution in [0.5, 0.6) is 5.75 Å². The van der Waals surface area contributed by atoms with Crippen molar-refractivity contribution in [2.24, 2.45) is 0 Å². The number of hydrogen-bond acceptors (Lipinski definition) is 4. The fourth-order valence-electron chi connectivity index (χ4n) is 2.99. The summed E-state index contributed by atoms with van der Waals surface area (Å²) in [4.78, 5) is 16.9. The molecule has 0 saturated heterocycles. The fourth-order valence-corrected chi connectivity index (χ4v) is 3.82. The quantitative estimate of drug-likeness (QED) is 0.523. The highest BCUT2D eigenvalue weighted by Gasteiger charge is 2.30. The SMILES string of the molecule is CCC(NC(=O)Cc1csc(-c2ccc(C(F)(F)F)cc2)n1)c1ccc(OC)cc1. The van der Waals surface area contributed by atoms with E-state index >= 15 is 0 Å². The number of carbonyl (C=O) groups excluding carboxylic acids is 1. The van der Waals surface area contributed by atoms with Crippen molar-refractivity contribution in [1.29, 1.82) is 0 Å². The highest BCUT2D eigenvalue weighted by molar-refractivity contribution is 7.13. The Bertz CT molecular complexity index is 983. The first kappa shape index (κ1) is 21.8. The number of rotatable bonds is 7. The van der Waals surface area contributed by atoms with Crippen LogP contribution in [0.2, 0.25) is 0 Å². The van der Waals surface area contributed by atoms with Crippen molar-refractivity contribution in [3.63, 3.8) is 0 Å². The lowest BCUT2D eigenvalue weighted by molar-refractivity contribution is -0.137. The second kappa shape index (κ2) is 9.30.